The topological polar surface area (TPSA) is 112 Å². The molecule has 0 saturated carbocycles. The van der Waals surface area contributed by atoms with E-state index in [1.165, 1.54) is 18.2 Å². The van der Waals surface area contributed by atoms with E-state index in [2.05, 4.69) is 10.0 Å². The highest BCUT2D eigenvalue weighted by Gasteiger charge is 2.14. The molecule has 2 aromatic carbocycles. The van der Waals surface area contributed by atoms with Crippen molar-refractivity contribution in [3.63, 3.8) is 0 Å². The van der Waals surface area contributed by atoms with E-state index in [9.17, 15) is 18.5 Å². The van der Waals surface area contributed by atoms with Gasteiger partial charge in [0.1, 0.15) is 23.2 Å². The predicted octanol–water partition coefficient (Wildman–Crippen LogP) is 3.02. The number of rotatable bonds is 9. The summed E-state index contributed by atoms with van der Waals surface area (Å²) in [6.07, 6.45) is 1.98. The first-order chi connectivity index (χ1) is 15.0. The fourth-order valence-corrected chi connectivity index (χ4v) is 3.78. The minimum Gasteiger partial charge on any atom is -0.460 e. The lowest BCUT2D eigenvalue weighted by atomic mass is 10.1. The van der Waals surface area contributed by atoms with Gasteiger partial charge in [0, 0.05) is 12.6 Å². The predicted molar refractivity (Wildman–Crippen MR) is 116 cm³/mol. The summed E-state index contributed by atoms with van der Waals surface area (Å²) in [6.45, 7) is 0.336. The Bertz CT molecular complexity index is 1190. The summed E-state index contributed by atoms with van der Waals surface area (Å²) in [4.78, 5) is 12.4. The van der Waals surface area contributed by atoms with Gasteiger partial charge in [0.2, 0.25) is 10.0 Å². The van der Waals surface area contributed by atoms with Gasteiger partial charge in [0.05, 0.1) is 11.4 Å². The van der Waals surface area contributed by atoms with E-state index in [1.807, 2.05) is 36.4 Å². The van der Waals surface area contributed by atoms with E-state index in [-0.39, 0.29) is 22.8 Å². The first-order valence-electron chi connectivity index (χ1n) is 9.55. The Balaban J connectivity index is 1.57. The van der Waals surface area contributed by atoms with Crippen LogP contribution in [-0.2, 0) is 27.8 Å². The fourth-order valence-electron chi connectivity index (χ4n) is 2.77. The molecule has 1 heterocycles. The lowest BCUT2D eigenvalue weighted by molar-refractivity contribution is -0.117. The number of nitrogens with zero attached hydrogens (tertiary/aromatic N) is 1. The van der Waals surface area contributed by atoms with Gasteiger partial charge in [-0.1, -0.05) is 48.5 Å². The lowest BCUT2D eigenvalue weighted by Crippen LogP contribution is -2.26. The summed E-state index contributed by atoms with van der Waals surface area (Å²) in [5.74, 6) is 0.136. The summed E-state index contributed by atoms with van der Waals surface area (Å²) in [5, 5.41) is 12.0. The van der Waals surface area contributed by atoms with Crippen molar-refractivity contribution in [2.45, 2.75) is 17.9 Å². The molecule has 3 rings (SSSR count). The van der Waals surface area contributed by atoms with Crippen LogP contribution in [0.5, 0.6) is 0 Å². The maximum absolute atomic E-state index is 12.3. The van der Waals surface area contributed by atoms with Crippen LogP contribution >= 0.6 is 0 Å². The fraction of sp³-hybridized carbons (Fsp3) is 0.130. The molecule has 1 aromatic heterocycles. The minimum absolute atomic E-state index is 0.0593. The molecule has 2 N–H and O–H groups in total. The standard InChI is InChI=1S/C23H21N3O4S/c24-16-19(23(27)25-14-13-18-7-3-1-4-8-18)15-20-11-12-21(30-20)17-26-31(28,29)22-9-5-2-6-10-22/h1-12,15,26H,13-14,17H2,(H,25,27)/b19-15+. The normalized spacial score (nSPS) is 11.6. The summed E-state index contributed by atoms with van der Waals surface area (Å²) in [5.41, 5.74) is 0.984. The zero-order valence-electron chi connectivity index (χ0n) is 16.6. The van der Waals surface area contributed by atoms with Crippen molar-refractivity contribution in [2.75, 3.05) is 6.54 Å². The van der Waals surface area contributed by atoms with Crippen molar-refractivity contribution in [3.8, 4) is 6.07 Å². The van der Waals surface area contributed by atoms with Crippen molar-refractivity contribution in [1.29, 1.82) is 5.26 Å². The SMILES string of the molecule is N#C/C(=C\c1ccc(CNS(=O)(=O)c2ccccc2)o1)C(=O)NCCc1ccccc1. The molecule has 3 aromatic rings. The summed E-state index contributed by atoms with van der Waals surface area (Å²) >= 11 is 0. The Kier molecular flexibility index (Phi) is 7.38. The van der Waals surface area contributed by atoms with Gasteiger partial charge in [-0.25, -0.2) is 13.1 Å². The molecule has 7 nitrogen and oxygen atoms in total. The van der Waals surface area contributed by atoms with Crippen LogP contribution in [0.4, 0.5) is 0 Å². The van der Waals surface area contributed by atoms with Crippen LogP contribution in [0.1, 0.15) is 17.1 Å². The number of furan rings is 1. The van der Waals surface area contributed by atoms with Gasteiger partial charge in [-0.15, -0.1) is 0 Å². The Morgan fingerprint density at radius 3 is 2.35 bits per heavy atom. The van der Waals surface area contributed by atoms with Crippen LogP contribution in [0, 0.1) is 11.3 Å². The van der Waals surface area contributed by atoms with Crippen molar-refractivity contribution < 1.29 is 17.6 Å². The van der Waals surface area contributed by atoms with Gasteiger partial charge in [0.15, 0.2) is 0 Å². The number of nitriles is 1. The van der Waals surface area contributed by atoms with E-state index < -0.39 is 15.9 Å². The molecule has 0 atom stereocenters. The molecule has 1 amide bonds. The molecule has 31 heavy (non-hydrogen) atoms. The lowest BCUT2D eigenvalue weighted by Gasteiger charge is -2.05. The Morgan fingerprint density at radius 1 is 1.00 bits per heavy atom. The number of amides is 1. The Morgan fingerprint density at radius 2 is 1.68 bits per heavy atom. The van der Waals surface area contributed by atoms with Crippen LogP contribution in [0.3, 0.4) is 0 Å². The number of sulfonamides is 1. The van der Waals surface area contributed by atoms with Gasteiger partial charge >= 0.3 is 0 Å². The second kappa shape index (κ2) is 10.4. The maximum Gasteiger partial charge on any atom is 0.262 e. The molecule has 0 radical (unpaired) electrons. The molecule has 0 unspecified atom stereocenters. The molecule has 158 valence electrons. The van der Waals surface area contributed by atoms with Crippen LogP contribution in [0.2, 0.25) is 0 Å². The zero-order valence-corrected chi connectivity index (χ0v) is 17.4. The van der Waals surface area contributed by atoms with Crippen LogP contribution < -0.4 is 10.0 Å². The number of carbonyl (C=O) groups excluding carboxylic acids is 1. The Labute approximate surface area is 181 Å². The zero-order chi connectivity index (χ0) is 22.1. The smallest absolute Gasteiger partial charge is 0.262 e. The number of benzene rings is 2. The van der Waals surface area contributed by atoms with Crippen molar-refractivity contribution in [3.05, 3.63) is 95.5 Å². The minimum atomic E-state index is -3.67. The van der Waals surface area contributed by atoms with E-state index >= 15 is 0 Å². The quantitative estimate of drug-likeness (QED) is 0.396. The second-order valence-electron chi connectivity index (χ2n) is 6.60. The molecule has 0 spiro atoms. The monoisotopic (exact) mass is 435 g/mol. The van der Waals surface area contributed by atoms with Crippen molar-refractivity contribution in [1.82, 2.24) is 10.0 Å². The van der Waals surface area contributed by atoms with Gasteiger partial charge in [-0.3, -0.25) is 4.79 Å². The highest BCUT2D eigenvalue weighted by Crippen LogP contribution is 2.14. The first-order valence-corrected chi connectivity index (χ1v) is 11.0. The molecule has 0 bridgehead atoms. The molecular formula is C23H21N3O4S. The second-order valence-corrected chi connectivity index (χ2v) is 8.37. The number of carbonyl (C=O) groups is 1. The Hall–Kier alpha value is -3.67. The van der Waals surface area contributed by atoms with Crippen LogP contribution in [0.15, 0.2) is 87.7 Å². The first kappa shape index (κ1) is 22.0. The molecule has 0 aliphatic rings. The van der Waals surface area contributed by atoms with E-state index in [1.54, 1.807) is 30.3 Å². The van der Waals surface area contributed by atoms with Gasteiger partial charge in [-0.05, 0) is 36.2 Å². The third kappa shape index (κ3) is 6.40. The third-order valence-corrected chi connectivity index (χ3v) is 5.78. The van der Waals surface area contributed by atoms with Crippen LogP contribution in [-0.4, -0.2) is 20.9 Å². The van der Waals surface area contributed by atoms with Gasteiger partial charge < -0.3 is 9.73 Å². The van der Waals surface area contributed by atoms with Crippen LogP contribution in [0.25, 0.3) is 6.08 Å². The van der Waals surface area contributed by atoms with Crippen molar-refractivity contribution >= 4 is 22.0 Å². The summed E-state index contributed by atoms with van der Waals surface area (Å²) < 4.78 is 32.5. The maximum atomic E-state index is 12.3. The highest BCUT2D eigenvalue weighted by molar-refractivity contribution is 7.89. The molecular weight excluding hydrogens is 414 g/mol. The molecule has 0 aliphatic heterocycles. The third-order valence-electron chi connectivity index (χ3n) is 4.37. The largest absolute Gasteiger partial charge is 0.460 e. The van der Waals surface area contributed by atoms with Crippen molar-refractivity contribution in [2.24, 2.45) is 0 Å². The number of hydrogen-bond acceptors (Lipinski definition) is 5. The molecule has 0 fully saturated rings. The molecule has 0 saturated heterocycles. The summed E-state index contributed by atoms with van der Waals surface area (Å²) in [7, 11) is -3.67. The molecule has 0 aliphatic carbocycles. The van der Waals surface area contributed by atoms with Gasteiger partial charge in [-0.2, -0.15) is 5.26 Å². The average Bonchev–Trinajstić information content (AvgIpc) is 3.25. The summed E-state index contributed by atoms with van der Waals surface area (Å²) in [6, 6.07) is 22.7. The highest BCUT2D eigenvalue weighted by atomic mass is 32.2. The number of nitrogens with one attached hydrogen (secondary N) is 2. The van der Waals surface area contributed by atoms with E-state index in [4.69, 9.17) is 4.42 Å². The average molecular weight is 436 g/mol. The number of hydrogen-bond donors (Lipinski definition) is 2. The molecule has 8 heteroatoms. The van der Waals surface area contributed by atoms with E-state index in [0.717, 1.165) is 5.56 Å². The van der Waals surface area contributed by atoms with Gasteiger partial charge in [0.25, 0.3) is 5.91 Å². The van der Waals surface area contributed by atoms with E-state index in [0.29, 0.717) is 18.7 Å².